The van der Waals surface area contributed by atoms with Crippen LogP contribution in [0.5, 0.6) is 0 Å². The quantitative estimate of drug-likeness (QED) is 0.570. The Kier molecular flexibility index (Phi) is 5.03. The Balaban J connectivity index is 1.73. The zero-order valence-corrected chi connectivity index (χ0v) is 11.4. The molecule has 0 saturated carbocycles. The molecule has 5 nitrogen and oxygen atoms in total. The van der Waals surface area contributed by atoms with Crippen LogP contribution in [0.4, 0.5) is 17.1 Å². The number of carbonyl (C=O) groups is 1. The Morgan fingerprint density at radius 2 is 1.89 bits per heavy atom. The van der Waals surface area contributed by atoms with Gasteiger partial charge in [-0.2, -0.15) is 0 Å². The summed E-state index contributed by atoms with van der Waals surface area (Å²) in [6, 6.07) is 5.74. The number of hydrogen-bond acceptors (Lipinski definition) is 4. The van der Waals surface area contributed by atoms with Crippen molar-refractivity contribution >= 4 is 23.0 Å². The first-order chi connectivity index (χ1) is 9.29. The number of anilines is 3. The van der Waals surface area contributed by atoms with Gasteiger partial charge in [0.1, 0.15) is 0 Å². The summed E-state index contributed by atoms with van der Waals surface area (Å²) >= 11 is 0. The van der Waals surface area contributed by atoms with Crippen molar-refractivity contribution in [3.05, 3.63) is 18.2 Å². The largest absolute Gasteiger partial charge is 0.326 e. The lowest BCUT2D eigenvalue weighted by Crippen LogP contribution is -2.19. The van der Waals surface area contributed by atoms with Crippen molar-refractivity contribution in [3.8, 4) is 0 Å². The smallest absolute Gasteiger partial charge is 0.224 e. The van der Waals surface area contributed by atoms with E-state index in [0.717, 1.165) is 29.9 Å². The fourth-order valence-corrected chi connectivity index (χ4v) is 2.11. The first-order valence-corrected chi connectivity index (χ1v) is 7.00. The summed E-state index contributed by atoms with van der Waals surface area (Å²) in [4.78, 5) is 11.8. The number of benzene rings is 1. The molecule has 0 saturated heterocycles. The zero-order valence-electron chi connectivity index (χ0n) is 11.4. The lowest BCUT2D eigenvalue weighted by atomic mass is 10.1. The van der Waals surface area contributed by atoms with Crippen molar-refractivity contribution < 1.29 is 4.79 Å². The van der Waals surface area contributed by atoms with Crippen LogP contribution < -0.4 is 21.7 Å². The van der Waals surface area contributed by atoms with Crippen molar-refractivity contribution in [1.29, 1.82) is 0 Å². The minimum atomic E-state index is 0.0929. The van der Waals surface area contributed by atoms with Gasteiger partial charge in [0.25, 0.3) is 0 Å². The molecule has 0 fully saturated rings. The van der Waals surface area contributed by atoms with Gasteiger partial charge in [0, 0.05) is 12.1 Å². The Labute approximate surface area is 114 Å². The lowest BCUT2D eigenvalue weighted by molar-refractivity contribution is -0.116. The van der Waals surface area contributed by atoms with E-state index in [2.05, 4.69) is 28.6 Å². The summed E-state index contributed by atoms with van der Waals surface area (Å²) in [7, 11) is 0. The second-order valence-electron chi connectivity index (χ2n) is 4.85. The monoisotopic (exact) mass is 262 g/mol. The van der Waals surface area contributed by atoms with Crippen LogP contribution in [0, 0.1) is 0 Å². The minimum absolute atomic E-state index is 0.0929. The summed E-state index contributed by atoms with van der Waals surface area (Å²) < 4.78 is 0. The number of rotatable bonds is 7. The van der Waals surface area contributed by atoms with Gasteiger partial charge in [0.2, 0.25) is 5.91 Å². The second-order valence-corrected chi connectivity index (χ2v) is 4.85. The van der Waals surface area contributed by atoms with Crippen LogP contribution in [-0.4, -0.2) is 5.91 Å². The van der Waals surface area contributed by atoms with Crippen LogP contribution >= 0.6 is 0 Å². The minimum Gasteiger partial charge on any atom is -0.326 e. The van der Waals surface area contributed by atoms with E-state index in [4.69, 9.17) is 0 Å². The molecule has 0 radical (unpaired) electrons. The molecule has 4 N–H and O–H groups in total. The molecule has 1 aliphatic rings. The fourth-order valence-electron chi connectivity index (χ4n) is 2.11. The molecule has 2 rings (SSSR count). The normalized spacial score (nSPS) is 12.5. The molecule has 0 spiro atoms. The number of amides is 1. The molecular formula is C14H22N4O. The SMILES string of the molecule is CCCCCCCC(=O)Nc1ccc2c(c1)NNN2. The second kappa shape index (κ2) is 6.99. The number of nitrogens with one attached hydrogen (secondary N) is 4. The molecule has 1 aromatic rings. The molecule has 0 atom stereocenters. The highest BCUT2D eigenvalue weighted by Crippen LogP contribution is 2.27. The molecular weight excluding hydrogens is 240 g/mol. The van der Waals surface area contributed by atoms with Crippen molar-refractivity contribution in [2.75, 3.05) is 16.2 Å². The number of fused-ring (bicyclic) bond motifs is 1. The molecule has 1 heterocycles. The average molecular weight is 262 g/mol. The standard InChI is InChI=1S/C14H22N4O/c1-2-3-4-5-6-7-14(19)15-11-8-9-12-13(10-11)17-18-16-12/h8-10,16-18H,2-7H2,1H3,(H,15,19). The van der Waals surface area contributed by atoms with Crippen molar-refractivity contribution in [2.45, 2.75) is 45.4 Å². The van der Waals surface area contributed by atoms with Gasteiger partial charge in [-0.15, -0.1) is 5.53 Å². The zero-order chi connectivity index (χ0) is 13.5. The van der Waals surface area contributed by atoms with Gasteiger partial charge in [-0.05, 0) is 24.6 Å². The molecule has 0 aliphatic carbocycles. The molecule has 0 unspecified atom stereocenters. The van der Waals surface area contributed by atoms with Gasteiger partial charge >= 0.3 is 0 Å². The molecule has 19 heavy (non-hydrogen) atoms. The van der Waals surface area contributed by atoms with E-state index in [1.54, 1.807) is 0 Å². The summed E-state index contributed by atoms with van der Waals surface area (Å²) in [5.41, 5.74) is 11.5. The van der Waals surface area contributed by atoms with Gasteiger partial charge in [-0.25, -0.2) is 0 Å². The summed E-state index contributed by atoms with van der Waals surface area (Å²) in [6.45, 7) is 2.19. The highest BCUT2D eigenvalue weighted by atomic mass is 16.1. The third-order valence-corrected chi connectivity index (χ3v) is 3.21. The highest BCUT2D eigenvalue weighted by molar-refractivity contribution is 5.92. The maximum atomic E-state index is 11.8. The molecule has 5 heteroatoms. The first-order valence-electron chi connectivity index (χ1n) is 7.00. The molecule has 1 aromatic carbocycles. The number of hydrogen-bond donors (Lipinski definition) is 4. The molecule has 1 aliphatic heterocycles. The third kappa shape index (κ3) is 4.13. The summed E-state index contributed by atoms with van der Waals surface area (Å²) in [6.07, 6.45) is 6.43. The predicted molar refractivity (Wildman–Crippen MR) is 78.8 cm³/mol. The molecule has 104 valence electrons. The van der Waals surface area contributed by atoms with Crippen molar-refractivity contribution in [3.63, 3.8) is 0 Å². The molecule has 0 aromatic heterocycles. The van der Waals surface area contributed by atoms with Crippen LogP contribution in [-0.2, 0) is 4.79 Å². The van der Waals surface area contributed by atoms with Gasteiger partial charge in [0.15, 0.2) is 0 Å². The van der Waals surface area contributed by atoms with Crippen LogP contribution in [0.2, 0.25) is 0 Å². The Hall–Kier alpha value is -1.75. The van der Waals surface area contributed by atoms with E-state index >= 15 is 0 Å². The van der Waals surface area contributed by atoms with E-state index in [-0.39, 0.29) is 5.91 Å². The topological polar surface area (TPSA) is 65.2 Å². The highest BCUT2D eigenvalue weighted by Gasteiger charge is 2.10. The van der Waals surface area contributed by atoms with E-state index in [0.29, 0.717) is 6.42 Å². The van der Waals surface area contributed by atoms with Gasteiger partial charge < -0.3 is 16.2 Å². The van der Waals surface area contributed by atoms with E-state index in [1.165, 1.54) is 19.3 Å². The predicted octanol–water partition coefficient (Wildman–Crippen LogP) is 3.24. The summed E-state index contributed by atoms with van der Waals surface area (Å²) in [5.74, 6) is 0.0929. The molecule has 1 amide bonds. The van der Waals surface area contributed by atoms with E-state index in [9.17, 15) is 4.79 Å². The van der Waals surface area contributed by atoms with Crippen molar-refractivity contribution in [2.24, 2.45) is 0 Å². The van der Waals surface area contributed by atoms with E-state index < -0.39 is 0 Å². The van der Waals surface area contributed by atoms with Gasteiger partial charge in [-0.3, -0.25) is 4.79 Å². The maximum absolute atomic E-state index is 11.8. The Bertz CT molecular complexity index is 433. The average Bonchev–Trinajstić information content (AvgIpc) is 2.86. The van der Waals surface area contributed by atoms with Gasteiger partial charge in [-0.1, -0.05) is 32.6 Å². The van der Waals surface area contributed by atoms with Crippen LogP contribution in [0.3, 0.4) is 0 Å². The Morgan fingerprint density at radius 1 is 1.11 bits per heavy atom. The van der Waals surface area contributed by atoms with Crippen LogP contribution in [0.1, 0.15) is 45.4 Å². The number of unbranched alkanes of at least 4 members (excludes halogenated alkanes) is 4. The maximum Gasteiger partial charge on any atom is 0.224 e. The van der Waals surface area contributed by atoms with Crippen LogP contribution in [0.15, 0.2) is 18.2 Å². The van der Waals surface area contributed by atoms with Crippen LogP contribution in [0.25, 0.3) is 0 Å². The van der Waals surface area contributed by atoms with E-state index in [1.807, 2.05) is 18.2 Å². The third-order valence-electron chi connectivity index (χ3n) is 3.21. The Morgan fingerprint density at radius 3 is 2.74 bits per heavy atom. The fraction of sp³-hybridized carbons (Fsp3) is 0.500. The number of carbonyl (C=O) groups excluding carboxylic acids is 1. The summed E-state index contributed by atoms with van der Waals surface area (Å²) in [5, 5.41) is 2.93. The molecule has 0 bridgehead atoms. The lowest BCUT2D eigenvalue weighted by Gasteiger charge is -2.06. The van der Waals surface area contributed by atoms with Gasteiger partial charge in [0.05, 0.1) is 11.4 Å². The first kappa shape index (κ1) is 13.7. The number of hydrazine groups is 2. The van der Waals surface area contributed by atoms with Crippen molar-refractivity contribution in [1.82, 2.24) is 5.53 Å².